The maximum absolute atomic E-state index is 12.8. The summed E-state index contributed by atoms with van der Waals surface area (Å²) in [7, 11) is -3.43. The number of amides is 1. The number of nitrogens with one attached hydrogen (secondary N) is 1. The summed E-state index contributed by atoms with van der Waals surface area (Å²) in [6, 6.07) is 7.01. The average Bonchev–Trinajstić information content (AvgIpc) is 2.73. The van der Waals surface area contributed by atoms with E-state index >= 15 is 0 Å². The lowest BCUT2D eigenvalue weighted by Crippen LogP contribution is -2.39. The molecule has 3 rings (SSSR count). The lowest BCUT2D eigenvalue weighted by molar-refractivity contribution is -0.122. The molecule has 0 bridgehead atoms. The Balaban J connectivity index is 1.35. The molecule has 2 heterocycles. The fraction of sp³-hybridized carbons (Fsp3) is 0.682. The van der Waals surface area contributed by atoms with E-state index in [4.69, 9.17) is 0 Å². The van der Waals surface area contributed by atoms with E-state index in [9.17, 15) is 13.2 Å². The highest BCUT2D eigenvalue weighted by Crippen LogP contribution is 2.25. The second-order valence-corrected chi connectivity index (χ2v) is 10.4. The Kier molecular flexibility index (Phi) is 8.09. The Morgan fingerprint density at radius 1 is 1.03 bits per heavy atom. The minimum absolute atomic E-state index is 0.100. The second-order valence-electron chi connectivity index (χ2n) is 8.47. The molecule has 162 valence electrons. The normalized spacial score (nSPS) is 19.9. The standard InChI is InChI=1S/C22H35N3O3S/c1-19-6-8-21(9-7-19)29(27,28)25-16-10-20(11-17-25)18-22(26)23-12-5-15-24-13-3-2-4-14-24/h6-9,20H,2-5,10-18H2,1H3,(H,23,26). The van der Waals surface area contributed by atoms with E-state index in [1.807, 2.05) is 19.1 Å². The van der Waals surface area contributed by atoms with Gasteiger partial charge >= 0.3 is 0 Å². The van der Waals surface area contributed by atoms with Crippen LogP contribution in [0.5, 0.6) is 0 Å². The fourth-order valence-corrected chi connectivity index (χ4v) is 5.73. The molecule has 6 nitrogen and oxygen atoms in total. The van der Waals surface area contributed by atoms with Crippen LogP contribution in [0, 0.1) is 12.8 Å². The first kappa shape index (κ1) is 22.2. The number of sulfonamides is 1. The van der Waals surface area contributed by atoms with Crippen LogP contribution < -0.4 is 5.32 Å². The molecule has 0 spiro atoms. The summed E-state index contributed by atoms with van der Waals surface area (Å²) in [5.74, 6) is 0.366. The molecular weight excluding hydrogens is 386 g/mol. The minimum atomic E-state index is -3.43. The van der Waals surface area contributed by atoms with Crippen molar-refractivity contribution < 1.29 is 13.2 Å². The van der Waals surface area contributed by atoms with E-state index in [-0.39, 0.29) is 11.8 Å². The van der Waals surface area contributed by atoms with Gasteiger partial charge in [0.25, 0.3) is 0 Å². The molecule has 1 N–H and O–H groups in total. The third-order valence-corrected chi connectivity index (χ3v) is 8.04. The van der Waals surface area contributed by atoms with Gasteiger partial charge in [0.1, 0.15) is 0 Å². The van der Waals surface area contributed by atoms with Crippen LogP contribution in [0.15, 0.2) is 29.2 Å². The summed E-state index contributed by atoms with van der Waals surface area (Å²) in [4.78, 5) is 15.1. The molecule has 2 fully saturated rings. The maximum atomic E-state index is 12.8. The highest BCUT2D eigenvalue weighted by atomic mass is 32.2. The molecule has 2 aliphatic rings. The van der Waals surface area contributed by atoms with Crippen molar-refractivity contribution in [2.75, 3.05) is 39.3 Å². The first-order valence-electron chi connectivity index (χ1n) is 11.0. The van der Waals surface area contributed by atoms with Crippen LogP contribution in [-0.2, 0) is 14.8 Å². The van der Waals surface area contributed by atoms with Crippen LogP contribution in [0.1, 0.15) is 50.5 Å². The van der Waals surface area contributed by atoms with Crippen molar-refractivity contribution >= 4 is 15.9 Å². The molecule has 7 heteroatoms. The Hall–Kier alpha value is -1.44. The van der Waals surface area contributed by atoms with Crippen LogP contribution in [-0.4, -0.2) is 62.8 Å². The van der Waals surface area contributed by atoms with Crippen molar-refractivity contribution in [2.45, 2.75) is 56.8 Å². The van der Waals surface area contributed by atoms with Crippen LogP contribution in [0.25, 0.3) is 0 Å². The topological polar surface area (TPSA) is 69.7 Å². The van der Waals surface area contributed by atoms with Gasteiger partial charge < -0.3 is 10.2 Å². The first-order valence-corrected chi connectivity index (χ1v) is 12.4. The average molecular weight is 422 g/mol. The van der Waals surface area contributed by atoms with Gasteiger partial charge in [0.15, 0.2) is 0 Å². The van der Waals surface area contributed by atoms with E-state index in [1.165, 1.54) is 32.4 Å². The van der Waals surface area contributed by atoms with E-state index in [0.717, 1.165) is 37.9 Å². The molecule has 0 unspecified atom stereocenters. The number of piperidine rings is 2. The van der Waals surface area contributed by atoms with Gasteiger partial charge in [-0.15, -0.1) is 0 Å². The monoisotopic (exact) mass is 421 g/mol. The molecular formula is C22H35N3O3S. The van der Waals surface area contributed by atoms with Crippen molar-refractivity contribution in [3.05, 3.63) is 29.8 Å². The van der Waals surface area contributed by atoms with Gasteiger partial charge in [0.2, 0.25) is 15.9 Å². The van der Waals surface area contributed by atoms with E-state index < -0.39 is 10.0 Å². The van der Waals surface area contributed by atoms with Crippen molar-refractivity contribution in [1.82, 2.24) is 14.5 Å². The van der Waals surface area contributed by atoms with Gasteiger partial charge in [0, 0.05) is 26.1 Å². The summed E-state index contributed by atoms with van der Waals surface area (Å²) in [5.41, 5.74) is 1.05. The van der Waals surface area contributed by atoms with Crippen LogP contribution in [0.4, 0.5) is 0 Å². The summed E-state index contributed by atoms with van der Waals surface area (Å²) in [6.45, 7) is 7.11. The molecule has 0 radical (unpaired) electrons. The lowest BCUT2D eigenvalue weighted by Gasteiger charge is -2.31. The van der Waals surface area contributed by atoms with Gasteiger partial charge in [-0.1, -0.05) is 24.1 Å². The van der Waals surface area contributed by atoms with E-state index in [2.05, 4.69) is 10.2 Å². The minimum Gasteiger partial charge on any atom is -0.356 e. The predicted molar refractivity (Wildman–Crippen MR) is 115 cm³/mol. The number of aryl methyl sites for hydroxylation is 1. The Labute approximate surface area is 175 Å². The number of nitrogens with zero attached hydrogens (tertiary/aromatic N) is 2. The van der Waals surface area contributed by atoms with Gasteiger partial charge in [-0.2, -0.15) is 4.31 Å². The zero-order valence-electron chi connectivity index (χ0n) is 17.6. The summed E-state index contributed by atoms with van der Waals surface area (Å²) in [5, 5.41) is 3.04. The first-order chi connectivity index (χ1) is 13.9. The molecule has 0 atom stereocenters. The Bertz CT molecular complexity index is 750. The van der Waals surface area contributed by atoms with Gasteiger partial charge in [0.05, 0.1) is 4.90 Å². The third kappa shape index (κ3) is 6.52. The molecule has 2 aliphatic heterocycles. The molecule has 1 amide bonds. The summed E-state index contributed by atoms with van der Waals surface area (Å²) in [6.07, 6.45) is 6.92. The lowest BCUT2D eigenvalue weighted by atomic mass is 9.94. The molecule has 2 saturated heterocycles. The zero-order valence-corrected chi connectivity index (χ0v) is 18.4. The summed E-state index contributed by atoms with van der Waals surface area (Å²) >= 11 is 0. The molecule has 1 aromatic rings. The third-order valence-electron chi connectivity index (χ3n) is 6.13. The van der Waals surface area contributed by atoms with Crippen molar-refractivity contribution in [2.24, 2.45) is 5.92 Å². The van der Waals surface area contributed by atoms with E-state index in [1.54, 1.807) is 16.4 Å². The molecule has 0 aliphatic carbocycles. The Morgan fingerprint density at radius 2 is 1.69 bits per heavy atom. The van der Waals surface area contributed by atoms with Gasteiger partial charge in [-0.3, -0.25) is 4.79 Å². The highest BCUT2D eigenvalue weighted by Gasteiger charge is 2.30. The van der Waals surface area contributed by atoms with Crippen molar-refractivity contribution in [3.8, 4) is 0 Å². The van der Waals surface area contributed by atoms with Crippen LogP contribution >= 0.6 is 0 Å². The number of carbonyl (C=O) groups is 1. The Morgan fingerprint density at radius 3 is 2.34 bits per heavy atom. The number of rotatable bonds is 8. The molecule has 29 heavy (non-hydrogen) atoms. The molecule has 1 aromatic carbocycles. The highest BCUT2D eigenvalue weighted by molar-refractivity contribution is 7.89. The second kappa shape index (κ2) is 10.5. The number of hydrogen-bond donors (Lipinski definition) is 1. The predicted octanol–water partition coefficient (Wildman–Crippen LogP) is 2.78. The quantitative estimate of drug-likeness (QED) is 0.656. The molecule has 0 saturated carbocycles. The number of likely N-dealkylation sites (tertiary alicyclic amines) is 1. The van der Waals surface area contributed by atoms with Crippen molar-refractivity contribution in [3.63, 3.8) is 0 Å². The smallest absolute Gasteiger partial charge is 0.243 e. The zero-order chi connectivity index (χ0) is 20.7. The summed E-state index contributed by atoms with van der Waals surface area (Å²) < 4.78 is 27.1. The van der Waals surface area contributed by atoms with E-state index in [0.29, 0.717) is 24.4 Å². The number of hydrogen-bond acceptors (Lipinski definition) is 4. The van der Waals surface area contributed by atoms with Crippen molar-refractivity contribution in [1.29, 1.82) is 0 Å². The van der Waals surface area contributed by atoms with Crippen LogP contribution in [0.3, 0.4) is 0 Å². The molecule has 0 aromatic heterocycles. The fourth-order valence-electron chi connectivity index (χ4n) is 4.26. The SMILES string of the molecule is Cc1ccc(S(=O)(=O)N2CCC(CC(=O)NCCCN3CCCCC3)CC2)cc1. The number of carbonyl (C=O) groups excluding carboxylic acids is 1. The maximum Gasteiger partial charge on any atom is 0.243 e. The largest absolute Gasteiger partial charge is 0.356 e. The van der Waals surface area contributed by atoms with Gasteiger partial charge in [-0.05, 0) is 76.7 Å². The number of benzene rings is 1. The van der Waals surface area contributed by atoms with Gasteiger partial charge in [-0.25, -0.2) is 8.42 Å². The van der Waals surface area contributed by atoms with Crippen LogP contribution in [0.2, 0.25) is 0 Å².